The minimum atomic E-state index is -0.377. The fourth-order valence-electron chi connectivity index (χ4n) is 3.25. The van der Waals surface area contributed by atoms with E-state index in [-0.39, 0.29) is 12.2 Å². The Morgan fingerprint density at radius 2 is 1.96 bits per heavy atom. The number of hydrogen-bond acceptors (Lipinski definition) is 5. The lowest BCUT2D eigenvalue weighted by molar-refractivity contribution is 0.266. The van der Waals surface area contributed by atoms with Crippen molar-refractivity contribution in [2.24, 2.45) is 0 Å². The van der Waals surface area contributed by atoms with E-state index in [0.29, 0.717) is 23.2 Å². The van der Waals surface area contributed by atoms with Gasteiger partial charge in [-0.15, -0.1) is 11.8 Å². The van der Waals surface area contributed by atoms with Crippen LogP contribution in [-0.2, 0) is 0 Å². The average Bonchev–Trinajstić information content (AvgIpc) is 2.62. The Hall–Kier alpha value is -1.46. The van der Waals surface area contributed by atoms with E-state index in [9.17, 15) is 4.79 Å². The molecule has 1 N–H and O–H groups in total. The number of aliphatic hydroxyl groups excluding tert-OH is 1. The largest absolute Gasteiger partial charge is 0.493 e. The molecule has 0 spiro atoms. The molecule has 0 unspecified atom stereocenters. The van der Waals surface area contributed by atoms with E-state index in [4.69, 9.17) is 14.3 Å². The number of ether oxygens (including phenoxy) is 1. The van der Waals surface area contributed by atoms with Crippen molar-refractivity contribution in [2.45, 2.75) is 61.5 Å². The van der Waals surface area contributed by atoms with Crippen LogP contribution < -0.4 is 10.4 Å². The molecule has 0 aliphatic heterocycles. The highest BCUT2D eigenvalue weighted by Crippen LogP contribution is 2.35. The molecular formula is C20H26O4S. The molecule has 0 radical (unpaired) electrons. The molecule has 1 saturated carbocycles. The summed E-state index contributed by atoms with van der Waals surface area (Å²) in [5, 5.41) is 10.3. The topological polar surface area (TPSA) is 59.7 Å². The molecule has 1 heterocycles. The summed E-state index contributed by atoms with van der Waals surface area (Å²) in [5.74, 6) is 0.587. The van der Waals surface area contributed by atoms with Crippen molar-refractivity contribution in [1.29, 1.82) is 0 Å². The fourth-order valence-corrected chi connectivity index (χ4v) is 4.53. The Kier molecular flexibility index (Phi) is 6.82. The molecule has 2 aromatic rings. The normalized spacial score (nSPS) is 15.6. The number of benzene rings is 1. The van der Waals surface area contributed by atoms with Crippen molar-refractivity contribution >= 4 is 22.7 Å². The zero-order chi connectivity index (χ0) is 17.5. The molecule has 0 amide bonds. The number of hydrogen-bond donors (Lipinski definition) is 1. The Morgan fingerprint density at radius 3 is 2.76 bits per heavy atom. The second-order valence-corrected chi connectivity index (χ2v) is 7.97. The van der Waals surface area contributed by atoms with Gasteiger partial charge in [-0.1, -0.05) is 19.3 Å². The maximum absolute atomic E-state index is 11.9. The van der Waals surface area contributed by atoms with Crippen molar-refractivity contribution in [1.82, 2.24) is 0 Å². The van der Waals surface area contributed by atoms with Gasteiger partial charge in [-0.2, -0.15) is 0 Å². The van der Waals surface area contributed by atoms with Crippen LogP contribution in [0.25, 0.3) is 11.0 Å². The van der Waals surface area contributed by atoms with Crippen molar-refractivity contribution in [3.8, 4) is 5.75 Å². The number of fused-ring (bicyclic) bond motifs is 1. The molecule has 25 heavy (non-hydrogen) atoms. The smallest absolute Gasteiger partial charge is 0.339 e. The Labute approximate surface area is 152 Å². The lowest BCUT2D eigenvalue weighted by Crippen LogP contribution is -2.07. The van der Waals surface area contributed by atoms with Crippen LogP contribution in [0, 0.1) is 0 Å². The minimum absolute atomic E-state index is 0.208. The zero-order valence-electron chi connectivity index (χ0n) is 14.5. The van der Waals surface area contributed by atoms with Gasteiger partial charge in [-0.3, -0.25) is 0 Å². The van der Waals surface area contributed by atoms with Gasteiger partial charge in [0, 0.05) is 16.8 Å². The van der Waals surface area contributed by atoms with E-state index in [0.717, 1.165) is 29.5 Å². The predicted molar refractivity (Wildman–Crippen MR) is 102 cm³/mol. The molecule has 3 rings (SSSR count). The molecular weight excluding hydrogens is 336 g/mol. The first-order valence-electron chi connectivity index (χ1n) is 9.24. The first-order chi connectivity index (χ1) is 12.3. The Balaban J connectivity index is 1.71. The number of rotatable bonds is 8. The first-order valence-corrected chi connectivity index (χ1v) is 10.1. The van der Waals surface area contributed by atoms with Gasteiger partial charge in [0.25, 0.3) is 0 Å². The number of unbranched alkanes of at least 4 members (excludes halogenated alkanes) is 2. The van der Waals surface area contributed by atoms with Gasteiger partial charge in [0.2, 0.25) is 0 Å². The monoisotopic (exact) mass is 362 g/mol. The summed E-state index contributed by atoms with van der Waals surface area (Å²) in [6.45, 7) is 0.746. The maximum Gasteiger partial charge on any atom is 0.339 e. The van der Waals surface area contributed by atoms with Gasteiger partial charge in [0.1, 0.15) is 11.3 Å². The molecule has 0 saturated heterocycles. The summed E-state index contributed by atoms with van der Waals surface area (Å²) in [4.78, 5) is 13.0. The Bertz CT molecular complexity index is 734. The number of thioether (sulfide) groups is 1. The standard InChI is InChI=1S/C20H26O4S/c21-11-5-2-6-12-23-18-14-20(22)24-19-13-16(9-10-17(18)19)25-15-7-3-1-4-8-15/h9-10,13-15,21H,1-8,11-12H2. The van der Waals surface area contributed by atoms with Crippen molar-refractivity contribution in [3.05, 3.63) is 34.7 Å². The van der Waals surface area contributed by atoms with Crippen LogP contribution in [0.2, 0.25) is 0 Å². The molecule has 4 nitrogen and oxygen atoms in total. The van der Waals surface area contributed by atoms with Crippen LogP contribution in [0.4, 0.5) is 0 Å². The highest BCUT2D eigenvalue weighted by atomic mass is 32.2. The van der Waals surface area contributed by atoms with Crippen LogP contribution in [0.1, 0.15) is 51.4 Å². The second-order valence-electron chi connectivity index (χ2n) is 6.60. The van der Waals surface area contributed by atoms with Crippen molar-refractivity contribution in [2.75, 3.05) is 13.2 Å². The van der Waals surface area contributed by atoms with E-state index in [2.05, 4.69) is 6.07 Å². The summed E-state index contributed by atoms with van der Waals surface area (Å²) in [6.07, 6.45) is 9.07. The first kappa shape index (κ1) is 18.3. The van der Waals surface area contributed by atoms with Gasteiger partial charge in [0.05, 0.1) is 18.1 Å². The minimum Gasteiger partial charge on any atom is -0.493 e. The third-order valence-corrected chi connectivity index (χ3v) is 5.92. The third-order valence-electron chi connectivity index (χ3n) is 4.59. The second kappa shape index (κ2) is 9.30. The van der Waals surface area contributed by atoms with Crippen LogP contribution in [0.5, 0.6) is 5.75 Å². The van der Waals surface area contributed by atoms with Crippen LogP contribution in [0.3, 0.4) is 0 Å². The van der Waals surface area contributed by atoms with E-state index in [1.165, 1.54) is 38.2 Å². The molecule has 1 fully saturated rings. The highest BCUT2D eigenvalue weighted by Gasteiger charge is 2.15. The predicted octanol–water partition coefficient (Wildman–Crippen LogP) is 4.76. The Morgan fingerprint density at radius 1 is 1.12 bits per heavy atom. The summed E-state index contributed by atoms with van der Waals surface area (Å²) >= 11 is 1.89. The molecule has 1 aromatic heterocycles. The van der Waals surface area contributed by atoms with Gasteiger partial charge in [0.15, 0.2) is 0 Å². The van der Waals surface area contributed by atoms with E-state index in [1.807, 2.05) is 23.9 Å². The molecule has 0 atom stereocenters. The molecule has 5 heteroatoms. The summed E-state index contributed by atoms with van der Waals surface area (Å²) in [7, 11) is 0. The van der Waals surface area contributed by atoms with E-state index in [1.54, 1.807) is 0 Å². The fraction of sp³-hybridized carbons (Fsp3) is 0.550. The molecule has 1 aliphatic rings. The van der Waals surface area contributed by atoms with Crippen molar-refractivity contribution in [3.63, 3.8) is 0 Å². The quantitative estimate of drug-likeness (QED) is 0.542. The van der Waals surface area contributed by atoms with Gasteiger partial charge in [-0.05, 0) is 50.3 Å². The van der Waals surface area contributed by atoms with Gasteiger partial charge >= 0.3 is 5.63 Å². The van der Waals surface area contributed by atoms with E-state index >= 15 is 0 Å². The third kappa shape index (κ3) is 5.25. The molecule has 0 bridgehead atoms. The van der Waals surface area contributed by atoms with Crippen LogP contribution in [-0.4, -0.2) is 23.6 Å². The van der Waals surface area contributed by atoms with Crippen LogP contribution >= 0.6 is 11.8 Å². The molecule has 1 aromatic carbocycles. The highest BCUT2D eigenvalue weighted by molar-refractivity contribution is 8.00. The maximum atomic E-state index is 11.9. The zero-order valence-corrected chi connectivity index (χ0v) is 15.4. The van der Waals surface area contributed by atoms with Gasteiger partial charge in [-0.25, -0.2) is 4.79 Å². The summed E-state index contributed by atoms with van der Waals surface area (Å²) in [5.41, 5.74) is 0.219. The lowest BCUT2D eigenvalue weighted by Gasteiger charge is -2.21. The number of aliphatic hydroxyl groups is 1. The average molecular weight is 362 g/mol. The van der Waals surface area contributed by atoms with Crippen molar-refractivity contribution < 1.29 is 14.3 Å². The van der Waals surface area contributed by atoms with E-state index < -0.39 is 0 Å². The van der Waals surface area contributed by atoms with Gasteiger partial charge < -0.3 is 14.3 Å². The lowest BCUT2D eigenvalue weighted by atomic mass is 10.0. The molecule has 136 valence electrons. The summed E-state index contributed by atoms with van der Waals surface area (Å²) < 4.78 is 11.2. The van der Waals surface area contributed by atoms with Crippen LogP contribution in [0.15, 0.2) is 38.4 Å². The summed E-state index contributed by atoms with van der Waals surface area (Å²) in [6, 6.07) is 7.48. The SMILES string of the molecule is O=c1cc(OCCCCCO)c2ccc(SC3CCCCC3)cc2o1. The molecule has 1 aliphatic carbocycles.